The van der Waals surface area contributed by atoms with Crippen LogP contribution >= 0.6 is 0 Å². The molecule has 0 aromatic heterocycles. The van der Waals surface area contributed by atoms with Crippen molar-refractivity contribution in [3.8, 4) is 0 Å². The second-order valence-corrected chi connectivity index (χ2v) is 3.47. The van der Waals surface area contributed by atoms with Crippen molar-refractivity contribution in [3.63, 3.8) is 0 Å². The van der Waals surface area contributed by atoms with Gasteiger partial charge in [-0.15, -0.1) is 0 Å². The third-order valence-corrected chi connectivity index (χ3v) is 1.73. The largest absolute Gasteiger partial charge is 0.353 e. The Bertz CT molecular complexity index is 150. The minimum atomic E-state index is 0.0237. The van der Waals surface area contributed by atoms with Crippen molar-refractivity contribution in [3.05, 3.63) is 0 Å². The van der Waals surface area contributed by atoms with Crippen molar-refractivity contribution in [2.24, 2.45) is 0 Å². The highest BCUT2D eigenvalue weighted by Crippen LogP contribution is 1.82. The molecule has 3 N–H and O–H groups in total. The number of nitrogens with one attached hydrogen (secondary N) is 3. The molecule has 0 aromatic rings. The molecule has 0 spiro atoms. The number of hydrogen-bond donors (Lipinski definition) is 3. The zero-order valence-electron chi connectivity index (χ0n) is 8.98. The summed E-state index contributed by atoms with van der Waals surface area (Å²) in [6, 6.07) is 0.623. The molecule has 0 saturated carbocycles. The van der Waals surface area contributed by atoms with Gasteiger partial charge in [-0.2, -0.15) is 0 Å². The second kappa shape index (κ2) is 6.86. The zero-order valence-corrected chi connectivity index (χ0v) is 8.98. The first-order chi connectivity index (χ1) is 6.06. The molecule has 0 heterocycles. The van der Waals surface area contributed by atoms with Crippen molar-refractivity contribution in [2.75, 3.05) is 20.1 Å². The van der Waals surface area contributed by atoms with E-state index in [-0.39, 0.29) is 11.9 Å². The summed E-state index contributed by atoms with van der Waals surface area (Å²) in [7, 11) is 1.93. The van der Waals surface area contributed by atoms with Gasteiger partial charge in [0.05, 0.1) is 0 Å². The molecule has 0 radical (unpaired) electrons. The minimum absolute atomic E-state index is 0.0237. The van der Waals surface area contributed by atoms with Gasteiger partial charge < -0.3 is 16.0 Å². The van der Waals surface area contributed by atoms with E-state index in [9.17, 15) is 4.79 Å². The molecule has 0 fully saturated rings. The van der Waals surface area contributed by atoms with Gasteiger partial charge in [0.2, 0.25) is 5.91 Å². The Morgan fingerprint density at radius 2 is 1.85 bits per heavy atom. The smallest absolute Gasteiger partial charge is 0.217 e. The molecule has 78 valence electrons. The van der Waals surface area contributed by atoms with Crippen LogP contribution in [0.5, 0.6) is 0 Å². The third-order valence-electron chi connectivity index (χ3n) is 1.73. The van der Waals surface area contributed by atoms with E-state index in [1.807, 2.05) is 14.0 Å². The molecule has 2 unspecified atom stereocenters. The van der Waals surface area contributed by atoms with Crippen LogP contribution in [0.4, 0.5) is 0 Å². The SMILES string of the molecule is CNCC(C)NCC(C)NC(C)=O. The van der Waals surface area contributed by atoms with Gasteiger partial charge in [0.15, 0.2) is 0 Å². The summed E-state index contributed by atoms with van der Waals surface area (Å²) in [5.41, 5.74) is 0. The lowest BCUT2D eigenvalue weighted by molar-refractivity contribution is -0.119. The van der Waals surface area contributed by atoms with Crippen molar-refractivity contribution < 1.29 is 4.79 Å². The van der Waals surface area contributed by atoms with Crippen LogP contribution in [-0.2, 0) is 4.79 Å². The molecule has 4 heteroatoms. The van der Waals surface area contributed by atoms with E-state index >= 15 is 0 Å². The Hall–Kier alpha value is -0.610. The molecule has 0 bridgehead atoms. The highest BCUT2D eigenvalue weighted by Gasteiger charge is 2.04. The van der Waals surface area contributed by atoms with E-state index < -0.39 is 0 Å². The monoisotopic (exact) mass is 187 g/mol. The minimum Gasteiger partial charge on any atom is -0.353 e. The molecule has 4 nitrogen and oxygen atoms in total. The van der Waals surface area contributed by atoms with E-state index in [4.69, 9.17) is 0 Å². The summed E-state index contributed by atoms with van der Waals surface area (Å²) >= 11 is 0. The number of carbonyl (C=O) groups excluding carboxylic acids is 1. The van der Waals surface area contributed by atoms with Gasteiger partial charge in [0.1, 0.15) is 0 Å². The zero-order chi connectivity index (χ0) is 10.3. The predicted octanol–water partition coefficient (Wildman–Crippen LogP) is -0.291. The molecule has 0 aliphatic carbocycles. The van der Waals surface area contributed by atoms with E-state index in [1.54, 1.807) is 0 Å². The van der Waals surface area contributed by atoms with E-state index in [1.165, 1.54) is 6.92 Å². The van der Waals surface area contributed by atoms with Gasteiger partial charge in [-0.25, -0.2) is 0 Å². The van der Waals surface area contributed by atoms with Crippen molar-refractivity contribution in [2.45, 2.75) is 32.9 Å². The Kier molecular flexibility index (Phi) is 6.54. The molecule has 0 saturated heterocycles. The Labute approximate surface area is 80.5 Å². The molecule has 2 atom stereocenters. The van der Waals surface area contributed by atoms with Crippen LogP contribution in [-0.4, -0.2) is 38.1 Å². The van der Waals surface area contributed by atoms with Crippen LogP contribution in [0.25, 0.3) is 0 Å². The van der Waals surface area contributed by atoms with Crippen LogP contribution in [0.15, 0.2) is 0 Å². The molecule has 0 rings (SSSR count). The van der Waals surface area contributed by atoms with Gasteiger partial charge in [-0.1, -0.05) is 0 Å². The number of likely N-dealkylation sites (N-methyl/N-ethyl adjacent to an activating group) is 1. The number of amides is 1. The van der Waals surface area contributed by atoms with Crippen LogP contribution in [0.3, 0.4) is 0 Å². The van der Waals surface area contributed by atoms with Crippen molar-refractivity contribution in [1.29, 1.82) is 0 Å². The van der Waals surface area contributed by atoms with Gasteiger partial charge >= 0.3 is 0 Å². The van der Waals surface area contributed by atoms with Crippen molar-refractivity contribution in [1.82, 2.24) is 16.0 Å². The maximum Gasteiger partial charge on any atom is 0.217 e. The lowest BCUT2D eigenvalue weighted by Crippen LogP contribution is -2.44. The lowest BCUT2D eigenvalue weighted by atomic mass is 10.3. The van der Waals surface area contributed by atoms with Crippen LogP contribution < -0.4 is 16.0 Å². The summed E-state index contributed by atoms with van der Waals surface area (Å²) in [6.45, 7) is 7.38. The normalized spacial score (nSPS) is 15.1. The fourth-order valence-corrected chi connectivity index (χ4v) is 1.15. The fourth-order valence-electron chi connectivity index (χ4n) is 1.15. The first-order valence-electron chi connectivity index (χ1n) is 4.71. The maximum absolute atomic E-state index is 10.7. The maximum atomic E-state index is 10.7. The van der Waals surface area contributed by atoms with Crippen molar-refractivity contribution >= 4 is 5.91 Å². The van der Waals surface area contributed by atoms with Gasteiger partial charge in [0, 0.05) is 32.1 Å². The summed E-state index contributed by atoms with van der Waals surface area (Å²) in [4.78, 5) is 10.7. The molecular weight excluding hydrogens is 166 g/mol. The highest BCUT2D eigenvalue weighted by atomic mass is 16.1. The molecule has 0 aliphatic heterocycles. The lowest BCUT2D eigenvalue weighted by Gasteiger charge is -2.17. The standard InChI is InChI=1S/C9H21N3O/c1-7(5-10-4)11-6-8(2)12-9(3)13/h7-8,10-11H,5-6H2,1-4H3,(H,12,13). The molecule has 0 aromatic carbocycles. The average molecular weight is 187 g/mol. The third kappa shape index (κ3) is 7.74. The molecule has 13 heavy (non-hydrogen) atoms. The number of hydrogen-bond acceptors (Lipinski definition) is 3. The molecule has 1 amide bonds. The van der Waals surface area contributed by atoms with Gasteiger partial charge in [-0.3, -0.25) is 4.79 Å². The van der Waals surface area contributed by atoms with Crippen LogP contribution in [0.1, 0.15) is 20.8 Å². The summed E-state index contributed by atoms with van der Waals surface area (Å²) in [5.74, 6) is 0.0237. The van der Waals surface area contributed by atoms with Crippen LogP contribution in [0.2, 0.25) is 0 Å². The van der Waals surface area contributed by atoms with E-state index in [2.05, 4.69) is 22.9 Å². The Morgan fingerprint density at radius 1 is 1.23 bits per heavy atom. The first-order valence-corrected chi connectivity index (χ1v) is 4.71. The first kappa shape index (κ1) is 12.4. The number of carbonyl (C=O) groups is 1. The average Bonchev–Trinajstić information content (AvgIpc) is 2.00. The Morgan fingerprint density at radius 3 is 2.31 bits per heavy atom. The summed E-state index contributed by atoms with van der Waals surface area (Å²) in [5, 5.41) is 9.21. The highest BCUT2D eigenvalue weighted by molar-refractivity contribution is 5.73. The second-order valence-electron chi connectivity index (χ2n) is 3.47. The molecular formula is C9H21N3O. The summed E-state index contributed by atoms with van der Waals surface area (Å²) < 4.78 is 0. The Balaban J connectivity index is 3.45. The van der Waals surface area contributed by atoms with E-state index in [0.29, 0.717) is 6.04 Å². The number of rotatable bonds is 6. The van der Waals surface area contributed by atoms with E-state index in [0.717, 1.165) is 13.1 Å². The van der Waals surface area contributed by atoms with Gasteiger partial charge in [0.25, 0.3) is 0 Å². The van der Waals surface area contributed by atoms with Crippen LogP contribution in [0, 0.1) is 0 Å². The summed E-state index contributed by atoms with van der Waals surface area (Å²) in [6.07, 6.45) is 0. The fraction of sp³-hybridized carbons (Fsp3) is 0.889. The van der Waals surface area contributed by atoms with Gasteiger partial charge in [-0.05, 0) is 20.9 Å². The molecule has 0 aliphatic rings. The topological polar surface area (TPSA) is 53.2 Å². The predicted molar refractivity (Wildman–Crippen MR) is 54.7 cm³/mol. The quantitative estimate of drug-likeness (QED) is 0.535.